The SMILES string of the molecule is CN1C(=O)C(NC(=O)N2C[C@@H](O)C[C@H]2CO)Cc2ccccc21. The van der Waals surface area contributed by atoms with Crippen molar-refractivity contribution in [1.82, 2.24) is 10.2 Å². The maximum Gasteiger partial charge on any atom is 0.318 e. The second-order valence-electron chi connectivity index (χ2n) is 6.11. The molecule has 0 aliphatic carbocycles. The van der Waals surface area contributed by atoms with Gasteiger partial charge in [-0.1, -0.05) is 18.2 Å². The number of carbonyl (C=O) groups is 2. The van der Waals surface area contributed by atoms with Crippen LogP contribution in [0.4, 0.5) is 10.5 Å². The van der Waals surface area contributed by atoms with E-state index in [-0.39, 0.29) is 19.1 Å². The molecule has 0 spiro atoms. The lowest BCUT2D eigenvalue weighted by molar-refractivity contribution is -0.120. The van der Waals surface area contributed by atoms with E-state index in [4.69, 9.17) is 0 Å². The first-order valence-corrected chi connectivity index (χ1v) is 7.72. The number of fused-ring (bicyclic) bond motifs is 1. The van der Waals surface area contributed by atoms with Gasteiger partial charge in [0.1, 0.15) is 6.04 Å². The summed E-state index contributed by atoms with van der Waals surface area (Å²) in [6.45, 7) is -0.0315. The molecular formula is C16H21N3O4. The number of likely N-dealkylation sites (N-methyl/N-ethyl adjacent to an activating group) is 1. The summed E-state index contributed by atoms with van der Waals surface area (Å²) >= 11 is 0. The number of likely N-dealkylation sites (tertiary alicyclic amines) is 1. The fourth-order valence-electron chi connectivity index (χ4n) is 3.33. The van der Waals surface area contributed by atoms with E-state index in [2.05, 4.69) is 5.32 Å². The quantitative estimate of drug-likeness (QED) is 0.698. The van der Waals surface area contributed by atoms with Crippen LogP contribution >= 0.6 is 0 Å². The summed E-state index contributed by atoms with van der Waals surface area (Å²) in [5, 5.41) is 21.7. The summed E-state index contributed by atoms with van der Waals surface area (Å²) in [4.78, 5) is 27.8. The van der Waals surface area contributed by atoms with Crippen LogP contribution in [0.25, 0.3) is 0 Å². The molecule has 2 aliphatic heterocycles. The predicted molar refractivity (Wildman–Crippen MR) is 84.1 cm³/mol. The van der Waals surface area contributed by atoms with Gasteiger partial charge in [0.15, 0.2) is 0 Å². The Bertz CT molecular complexity index is 621. The summed E-state index contributed by atoms with van der Waals surface area (Å²) in [5.74, 6) is -0.169. The minimum absolute atomic E-state index is 0.169. The highest BCUT2D eigenvalue weighted by Gasteiger charge is 2.37. The van der Waals surface area contributed by atoms with Gasteiger partial charge < -0.3 is 25.3 Å². The van der Waals surface area contributed by atoms with Crippen molar-refractivity contribution in [3.63, 3.8) is 0 Å². The Morgan fingerprint density at radius 1 is 1.39 bits per heavy atom. The summed E-state index contributed by atoms with van der Waals surface area (Å²) in [5.41, 5.74) is 1.85. The molecule has 23 heavy (non-hydrogen) atoms. The lowest BCUT2D eigenvalue weighted by Crippen LogP contribution is -2.55. The number of para-hydroxylation sites is 1. The first-order valence-electron chi connectivity index (χ1n) is 7.72. The molecule has 1 saturated heterocycles. The molecule has 7 heteroatoms. The molecule has 7 nitrogen and oxygen atoms in total. The molecule has 1 unspecified atom stereocenters. The van der Waals surface area contributed by atoms with E-state index in [9.17, 15) is 19.8 Å². The third-order valence-electron chi connectivity index (χ3n) is 4.57. The zero-order valence-corrected chi connectivity index (χ0v) is 13.0. The first-order chi connectivity index (χ1) is 11.0. The second kappa shape index (κ2) is 6.17. The highest BCUT2D eigenvalue weighted by atomic mass is 16.3. The van der Waals surface area contributed by atoms with Crippen LogP contribution in [0.5, 0.6) is 0 Å². The van der Waals surface area contributed by atoms with Crippen molar-refractivity contribution in [2.24, 2.45) is 0 Å². The molecule has 3 amide bonds. The van der Waals surface area contributed by atoms with Crippen molar-refractivity contribution < 1.29 is 19.8 Å². The van der Waals surface area contributed by atoms with Crippen LogP contribution in [0.3, 0.4) is 0 Å². The van der Waals surface area contributed by atoms with E-state index in [0.29, 0.717) is 12.8 Å². The molecule has 1 fully saturated rings. The zero-order chi connectivity index (χ0) is 16.6. The number of rotatable bonds is 2. The lowest BCUT2D eigenvalue weighted by atomic mass is 9.98. The Hall–Kier alpha value is -2.12. The summed E-state index contributed by atoms with van der Waals surface area (Å²) in [6, 6.07) is 6.12. The molecule has 124 valence electrons. The minimum atomic E-state index is -0.639. The molecule has 3 atom stereocenters. The number of aliphatic hydroxyl groups excluding tert-OH is 2. The number of carbonyl (C=O) groups excluding carboxylic acids is 2. The van der Waals surface area contributed by atoms with Gasteiger partial charge in [0.05, 0.1) is 18.8 Å². The maximum absolute atomic E-state index is 12.4. The highest BCUT2D eigenvalue weighted by Crippen LogP contribution is 2.26. The van der Waals surface area contributed by atoms with Crippen molar-refractivity contribution in [2.45, 2.75) is 31.0 Å². The van der Waals surface area contributed by atoms with E-state index in [1.165, 1.54) is 4.90 Å². The molecule has 3 rings (SSSR count). The minimum Gasteiger partial charge on any atom is -0.394 e. The van der Waals surface area contributed by atoms with Gasteiger partial charge in [-0.2, -0.15) is 0 Å². The summed E-state index contributed by atoms with van der Waals surface area (Å²) in [7, 11) is 1.69. The third kappa shape index (κ3) is 2.89. The van der Waals surface area contributed by atoms with Gasteiger partial charge in [0.2, 0.25) is 5.91 Å². The van der Waals surface area contributed by atoms with Crippen LogP contribution in [-0.2, 0) is 11.2 Å². The number of β-amino-alcohol motifs (C(OH)–C–C–N with tert-alkyl or cyclic N) is 1. The van der Waals surface area contributed by atoms with Crippen molar-refractivity contribution in [1.29, 1.82) is 0 Å². The van der Waals surface area contributed by atoms with E-state index < -0.39 is 24.2 Å². The van der Waals surface area contributed by atoms with Gasteiger partial charge in [-0.3, -0.25) is 4.79 Å². The van der Waals surface area contributed by atoms with Crippen molar-refractivity contribution in [2.75, 3.05) is 25.1 Å². The molecule has 0 saturated carbocycles. The largest absolute Gasteiger partial charge is 0.394 e. The third-order valence-corrected chi connectivity index (χ3v) is 4.57. The van der Waals surface area contributed by atoms with Crippen molar-refractivity contribution in [3.8, 4) is 0 Å². The Morgan fingerprint density at radius 3 is 2.87 bits per heavy atom. The van der Waals surface area contributed by atoms with Crippen LogP contribution in [0.15, 0.2) is 24.3 Å². The van der Waals surface area contributed by atoms with E-state index >= 15 is 0 Å². The number of hydrogen-bond acceptors (Lipinski definition) is 4. The fourth-order valence-corrected chi connectivity index (χ4v) is 3.33. The monoisotopic (exact) mass is 319 g/mol. The normalized spacial score (nSPS) is 27.1. The van der Waals surface area contributed by atoms with Crippen LogP contribution in [0.2, 0.25) is 0 Å². The van der Waals surface area contributed by atoms with Gasteiger partial charge in [-0.05, 0) is 18.1 Å². The molecule has 2 heterocycles. The van der Waals surface area contributed by atoms with E-state index in [1.807, 2.05) is 24.3 Å². The average molecular weight is 319 g/mol. The summed E-state index contributed by atoms with van der Waals surface area (Å²) < 4.78 is 0. The van der Waals surface area contributed by atoms with Gasteiger partial charge in [-0.25, -0.2) is 4.79 Å². The molecule has 0 radical (unpaired) electrons. The van der Waals surface area contributed by atoms with Crippen LogP contribution in [-0.4, -0.2) is 65.4 Å². The lowest BCUT2D eigenvalue weighted by Gasteiger charge is -2.33. The highest BCUT2D eigenvalue weighted by molar-refractivity contribution is 6.01. The number of benzene rings is 1. The molecular weight excluding hydrogens is 298 g/mol. The number of hydrogen-bond donors (Lipinski definition) is 3. The van der Waals surface area contributed by atoms with Crippen LogP contribution in [0, 0.1) is 0 Å². The Morgan fingerprint density at radius 2 is 2.13 bits per heavy atom. The number of anilines is 1. The van der Waals surface area contributed by atoms with E-state index in [0.717, 1.165) is 11.3 Å². The van der Waals surface area contributed by atoms with Gasteiger partial charge in [0, 0.05) is 25.7 Å². The molecule has 0 aromatic heterocycles. The second-order valence-corrected chi connectivity index (χ2v) is 6.11. The number of amides is 3. The van der Waals surface area contributed by atoms with Crippen molar-refractivity contribution >= 4 is 17.6 Å². The smallest absolute Gasteiger partial charge is 0.318 e. The topological polar surface area (TPSA) is 93.1 Å². The maximum atomic E-state index is 12.4. The molecule has 0 bridgehead atoms. The number of urea groups is 1. The van der Waals surface area contributed by atoms with Gasteiger partial charge in [-0.15, -0.1) is 0 Å². The summed E-state index contributed by atoms with van der Waals surface area (Å²) in [6.07, 6.45) is 0.152. The van der Waals surface area contributed by atoms with Gasteiger partial charge >= 0.3 is 6.03 Å². The number of aliphatic hydroxyl groups is 2. The Kier molecular flexibility index (Phi) is 4.23. The Balaban J connectivity index is 1.73. The molecule has 1 aromatic carbocycles. The molecule has 3 N–H and O–H groups in total. The van der Waals surface area contributed by atoms with Gasteiger partial charge in [0.25, 0.3) is 0 Å². The standard InChI is InChI=1S/C16H21N3O4/c1-18-14-5-3-2-4-10(14)6-13(15(18)22)17-16(23)19-8-12(21)7-11(19)9-20/h2-5,11-13,20-21H,6-9H2,1H3,(H,17,23)/t11-,12-,13?/m0/s1. The first kappa shape index (κ1) is 15.8. The number of nitrogens with one attached hydrogen (secondary N) is 1. The number of nitrogens with zero attached hydrogens (tertiary/aromatic N) is 2. The van der Waals surface area contributed by atoms with Crippen LogP contribution in [0.1, 0.15) is 12.0 Å². The fraction of sp³-hybridized carbons (Fsp3) is 0.500. The average Bonchev–Trinajstić information content (AvgIpc) is 2.93. The zero-order valence-electron chi connectivity index (χ0n) is 13.0. The van der Waals surface area contributed by atoms with Crippen LogP contribution < -0.4 is 10.2 Å². The molecule has 2 aliphatic rings. The molecule has 1 aromatic rings. The Labute approximate surface area is 134 Å². The predicted octanol–water partition coefficient (Wildman–Crippen LogP) is -0.289. The van der Waals surface area contributed by atoms with Crippen molar-refractivity contribution in [3.05, 3.63) is 29.8 Å². The van der Waals surface area contributed by atoms with E-state index in [1.54, 1.807) is 11.9 Å².